The van der Waals surface area contributed by atoms with E-state index in [0.29, 0.717) is 23.6 Å². The second kappa shape index (κ2) is 6.39. The van der Waals surface area contributed by atoms with E-state index >= 15 is 0 Å². The number of fused-ring (bicyclic) bond motifs is 1. The van der Waals surface area contributed by atoms with Crippen molar-refractivity contribution in [2.24, 2.45) is 5.92 Å². The van der Waals surface area contributed by atoms with Gasteiger partial charge in [-0.25, -0.2) is 0 Å². The number of halogens is 1. The number of hydrogen-bond acceptors (Lipinski definition) is 3. The molecular formula is C15H17BrN2O3. The molecule has 1 aromatic carbocycles. The standard InChI is InChI=1S/C15H17BrN2O3/c1-9(2)8-17-13(19)5-6-18-14(20)11-4-3-10(16)7-12(11)15(18)21/h3-4,7,9H,5-6,8H2,1-2H3,(H,17,19). The van der Waals surface area contributed by atoms with Crippen LogP contribution in [-0.4, -0.2) is 35.7 Å². The van der Waals surface area contributed by atoms with E-state index in [1.807, 2.05) is 13.8 Å². The summed E-state index contributed by atoms with van der Waals surface area (Å²) >= 11 is 3.28. The summed E-state index contributed by atoms with van der Waals surface area (Å²) in [6.45, 7) is 4.70. The van der Waals surface area contributed by atoms with Crippen LogP contribution in [0.1, 0.15) is 41.0 Å². The van der Waals surface area contributed by atoms with Gasteiger partial charge in [-0.2, -0.15) is 0 Å². The summed E-state index contributed by atoms with van der Waals surface area (Å²) in [5, 5.41) is 2.77. The highest BCUT2D eigenvalue weighted by molar-refractivity contribution is 9.10. The number of carbonyl (C=O) groups excluding carboxylic acids is 3. The minimum Gasteiger partial charge on any atom is -0.356 e. The van der Waals surface area contributed by atoms with E-state index in [9.17, 15) is 14.4 Å². The van der Waals surface area contributed by atoms with E-state index in [-0.39, 0.29) is 30.7 Å². The Hall–Kier alpha value is -1.69. The second-order valence-corrected chi connectivity index (χ2v) is 6.32. The summed E-state index contributed by atoms with van der Waals surface area (Å²) in [6.07, 6.45) is 0.124. The smallest absolute Gasteiger partial charge is 0.261 e. The average Bonchev–Trinajstić information content (AvgIpc) is 2.66. The van der Waals surface area contributed by atoms with Crippen LogP contribution in [0.2, 0.25) is 0 Å². The number of imide groups is 1. The maximum atomic E-state index is 12.2. The maximum absolute atomic E-state index is 12.2. The molecule has 0 aromatic heterocycles. The van der Waals surface area contributed by atoms with Crippen LogP contribution < -0.4 is 5.32 Å². The van der Waals surface area contributed by atoms with Crippen molar-refractivity contribution in [3.05, 3.63) is 33.8 Å². The number of nitrogens with zero attached hydrogens (tertiary/aromatic N) is 1. The van der Waals surface area contributed by atoms with Gasteiger partial charge in [0.1, 0.15) is 0 Å². The zero-order chi connectivity index (χ0) is 15.6. The van der Waals surface area contributed by atoms with Crippen molar-refractivity contribution in [2.45, 2.75) is 20.3 Å². The molecule has 1 aromatic rings. The SMILES string of the molecule is CC(C)CNC(=O)CCN1C(=O)c2ccc(Br)cc2C1=O. The van der Waals surface area contributed by atoms with E-state index in [4.69, 9.17) is 0 Å². The molecule has 112 valence electrons. The lowest BCUT2D eigenvalue weighted by molar-refractivity contribution is -0.121. The van der Waals surface area contributed by atoms with Crippen molar-refractivity contribution in [2.75, 3.05) is 13.1 Å². The number of amides is 3. The first-order chi connectivity index (χ1) is 9.90. The maximum Gasteiger partial charge on any atom is 0.261 e. The highest BCUT2D eigenvalue weighted by Crippen LogP contribution is 2.25. The van der Waals surface area contributed by atoms with E-state index < -0.39 is 0 Å². The molecule has 1 aliphatic heterocycles. The summed E-state index contributed by atoms with van der Waals surface area (Å²) in [5.41, 5.74) is 0.780. The Balaban J connectivity index is 1.99. The van der Waals surface area contributed by atoms with Crippen molar-refractivity contribution in [3.63, 3.8) is 0 Å². The van der Waals surface area contributed by atoms with Crippen LogP contribution in [0.3, 0.4) is 0 Å². The summed E-state index contributed by atoms with van der Waals surface area (Å²) in [5.74, 6) is -0.459. The Labute approximate surface area is 131 Å². The van der Waals surface area contributed by atoms with Gasteiger partial charge < -0.3 is 5.32 Å². The highest BCUT2D eigenvalue weighted by atomic mass is 79.9. The molecule has 2 rings (SSSR count). The highest BCUT2D eigenvalue weighted by Gasteiger charge is 2.35. The zero-order valence-electron chi connectivity index (χ0n) is 12.0. The van der Waals surface area contributed by atoms with Gasteiger partial charge in [0.15, 0.2) is 0 Å². The van der Waals surface area contributed by atoms with Crippen LogP contribution in [0.4, 0.5) is 0 Å². The van der Waals surface area contributed by atoms with Crippen molar-refractivity contribution in [1.29, 1.82) is 0 Å². The van der Waals surface area contributed by atoms with E-state index in [2.05, 4.69) is 21.2 Å². The van der Waals surface area contributed by atoms with Gasteiger partial charge >= 0.3 is 0 Å². The molecule has 0 unspecified atom stereocenters. The number of rotatable bonds is 5. The average molecular weight is 353 g/mol. The molecule has 6 heteroatoms. The quantitative estimate of drug-likeness (QED) is 0.826. The van der Waals surface area contributed by atoms with Crippen molar-refractivity contribution >= 4 is 33.7 Å². The fraction of sp³-hybridized carbons (Fsp3) is 0.400. The summed E-state index contributed by atoms with van der Waals surface area (Å²) in [7, 11) is 0. The van der Waals surface area contributed by atoms with E-state index in [1.165, 1.54) is 0 Å². The van der Waals surface area contributed by atoms with Crippen LogP contribution in [0.25, 0.3) is 0 Å². The van der Waals surface area contributed by atoms with E-state index in [1.54, 1.807) is 18.2 Å². The Morgan fingerprint density at radius 2 is 1.90 bits per heavy atom. The molecule has 21 heavy (non-hydrogen) atoms. The van der Waals surface area contributed by atoms with Gasteiger partial charge in [0.25, 0.3) is 11.8 Å². The van der Waals surface area contributed by atoms with Crippen molar-refractivity contribution in [1.82, 2.24) is 10.2 Å². The minimum absolute atomic E-state index is 0.105. The molecule has 0 saturated carbocycles. The molecule has 0 atom stereocenters. The summed E-state index contributed by atoms with van der Waals surface area (Å²) in [6, 6.07) is 4.98. The fourth-order valence-corrected chi connectivity index (χ4v) is 2.45. The van der Waals surface area contributed by atoms with Crippen LogP contribution in [0, 0.1) is 5.92 Å². The minimum atomic E-state index is -0.340. The molecule has 3 amide bonds. The van der Waals surface area contributed by atoms with Crippen LogP contribution in [0.15, 0.2) is 22.7 Å². The lowest BCUT2D eigenvalue weighted by Crippen LogP contribution is -2.35. The number of carbonyl (C=O) groups is 3. The van der Waals surface area contributed by atoms with Crippen LogP contribution >= 0.6 is 15.9 Å². The van der Waals surface area contributed by atoms with Gasteiger partial charge in [-0.15, -0.1) is 0 Å². The first kappa shape index (κ1) is 15.7. The third kappa shape index (κ3) is 3.50. The molecule has 0 bridgehead atoms. The molecule has 0 saturated heterocycles. The van der Waals surface area contributed by atoms with Gasteiger partial charge in [0.2, 0.25) is 5.91 Å². The Morgan fingerprint density at radius 3 is 2.57 bits per heavy atom. The van der Waals surface area contributed by atoms with Crippen molar-refractivity contribution in [3.8, 4) is 0 Å². The predicted octanol–water partition coefficient (Wildman–Crippen LogP) is 2.21. The zero-order valence-corrected chi connectivity index (χ0v) is 13.6. The molecule has 1 heterocycles. The van der Waals surface area contributed by atoms with Gasteiger partial charge in [-0.1, -0.05) is 29.8 Å². The van der Waals surface area contributed by atoms with Crippen molar-refractivity contribution < 1.29 is 14.4 Å². The second-order valence-electron chi connectivity index (χ2n) is 5.40. The number of nitrogens with one attached hydrogen (secondary N) is 1. The molecule has 0 radical (unpaired) electrons. The molecule has 0 aliphatic carbocycles. The molecular weight excluding hydrogens is 336 g/mol. The van der Waals surface area contributed by atoms with E-state index in [0.717, 1.165) is 9.37 Å². The lowest BCUT2D eigenvalue weighted by atomic mass is 10.1. The monoisotopic (exact) mass is 352 g/mol. The third-order valence-electron chi connectivity index (χ3n) is 3.20. The molecule has 5 nitrogen and oxygen atoms in total. The molecule has 0 fully saturated rings. The Morgan fingerprint density at radius 1 is 1.24 bits per heavy atom. The predicted molar refractivity (Wildman–Crippen MR) is 82.0 cm³/mol. The largest absolute Gasteiger partial charge is 0.356 e. The molecule has 1 aliphatic rings. The van der Waals surface area contributed by atoms with Gasteiger partial charge in [-0.05, 0) is 24.1 Å². The first-order valence-electron chi connectivity index (χ1n) is 6.82. The summed E-state index contributed by atoms with van der Waals surface area (Å²) in [4.78, 5) is 37.2. The van der Waals surface area contributed by atoms with Gasteiger partial charge in [-0.3, -0.25) is 19.3 Å². The fourth-order valence-electron chi connectivity index (χ4n) is 2.09. The number of benzene rings is 1. The normalized spacial score (nSPS) is 13.8. The third-order valence-corrected chi connectivity index (χ3v) is 3.70. The summed E-state index contributed by atoms with van der Waals surface area (Å²) < 4.78 is 0.749. The lowest BCUT2D eigenvalue weighted by Gasteiger charge is -2.14. The first-order valence-corrected chi connectivity index (χ1v) is 7.62. The number of hydrogen-bond donors (Lipinski definition) is 1. The van der Waals surface area contributed by atoms with Crippen LogP contribution in [0.5, 0.6) is 0 Å². The molecule has 1 N–H and O–H groups in total. The van der Waals surface area contributed by atoms with Gasteiger partial charge in [0.05, 0.1) is 11.1 Å². The van der Waals surface area contributed by atoms with Crippen LogP contribution in [-0.2, 0) is 4.79 Å². The molecule has 0 spiro atoms. The van der Waals surface area contributed by atoms with Gasteiger partial charge in [0, 0.05) is 24.0 Å². The Bertz CT molecular complexity index is 599. The topological polar surface area (TPSA) is 66.5 Å². The Kier molecular flexibility index (Phi) is 4.77.